The lowest BCUT2D eigenvalue weighted by molar-refractivity contribution is -0.153. The quantitative estimate of drug-likeness (QED) is 0.485. The van der Waals surface area contributed by atoms with Crippen molar-refractivity contribution in [3.8, 4) is 5.75 Å². The molecule has 0 aliphatic carbocycles. The third-order valence-corrected chi connectivity index (χ3v) is 3.95. The minimum Gasteiger partial charge on any atom is -0.494 e. The molecule has 144 valence electrons. The summed E-state index contributed by atoms with van der Waals surface area (Å²) in [5.41, 5.74) is -0.315. The van der Waals surface area contributed by atoms with Crippen molar-refractivity contribution in [2.45, 2.75) is 25.9 Å². The van der Waals surface area contributed by atoms with Gasteiger partial charge in [-0.25, -0.2) is 8.78 Å². The molecule has 1 amide bonds. The number of carbonyl (C=O) groups excluding carboxylic acids is 2. The summed E-state index contributed by atoms with van der Waals surface area (Å²) in [6.45, 7) is 1.66. The Bertz CT molecular complexity index is 816. The first-order valence-electron chi connectivity index (χ1n) is 8.19. The molecule has 1 atom stereocenters. The normalized spacial score (nSPS) is 11.6. The van der Waals surface area contributed by atoms with Crippen LogP contribution in [0.3, 0.4) is 0 Å². The number of esters is 1. The fourth-order valence-corrected chi connectivity index (χ4v) is 2.48. The molecular formula is C19H18BrF2NO4. The second-order valence-corrected chi connectivity index (χ2v) is 6.57. The van der Waals surface area contributed by atoms with Gasteiger partial charge < -0.3 is 14.8 Å². The standard InChI is InChI=1S/C19H18BrF2NO4/c1-12(19(25)23-17-11-14(21)7-8-16(17)22)27-18(24)6-3-9-26-15-5-2-4-13(20)10-15/h2,4-5,7-8,10-12H,3,6,9H2,1H3,(H,23,25). The molecule has 8 heteroatoms. The summed E-state index contributed by atoms with van der Waals surface area (Å²) in [6.07, 6.45) is -0.691. The lowest BCUT2D eigenvalue weighted by atomic mass is 10.2. The molecule has 0 spiro atoms. The first-order chi connectivity index (χ1) is 12.8. The zero-order valence-electron chi connectivity index (χ0n) is 14.5. The molecule has 0 aliphatic rings. The second-order valence-electron chi connectivity index (χ2n) is 5.65. The average molecular weight is 442 g/mol. The number of hydrogen-bond acceptors (Lipinski definition) is 4. The predicted octanol–water partition coefficient (Wildman–Crippen LogP) is 4.46. The van der Waals surface area contributed by atoms with E-state index in [1.807, 2.05) is 12.1 Å². The van der Waals surface area contributed by atoms with Gasteiger partial charge in [0.1, 0.15) is 17.4 Å². The molecule has 0 saturated heterocycles. The van der Waals surface area contributed by atoms with E-state index < -0.39 is 29.6 Å². The van der Waals surface area contributed by atoms with E-state index in [2.05, 4.69) is 21.2 Å². The van der Waals surface area contributed by atoms with Gasteiger partial charge in [0.2, 0.25) is 0 Å². The molecule has 2 aromatic rings. The highest BCUT2D eigenvalue weighted by atomic mass is 79.9. The van der Waals surface area contributed by atoms with Crippen molar-refractivity contribution >= 4 is 33.5 Å². The van der Waals surface area contributed by atoms with Crippen LogP contribution in [-0.4, -0.2) is 24.6 Å². The lowest BCUT2D eigenvalue weighted by Crippen LogP contribution is -2.30. The molecule has 0 bridgehead atoms. The minimum absolute atomic E-state index is 0.0555. The Morgan fingerprint density at radius 2 is 1.96 bits per heavy atom. The van der Waals surface area contributed by atoms with Gasteiger partial charge in [-0.1, -0.05) is 22.0 Å². The molecule has 5 nitrogen and oxygen atoms in total. The van der Waals surface area contributed by atoms with Gasteiger partial charge in [-0.05, 0) is 43.7 Å². The van der Waals surface area contributed by atoms with Crippen molar-refractivity contribution in [2.24, 2.45) is 0 Å². The summed E-state index contributed by atoms with van der Waals surface area (Å²) in [5.74, 6) is -2.15. The van der Waals surface area contributed by atoms with E-state index >= 15 is 0 Å². The summed E-state index contributed by atoms with van der Waals surface area (Å²) >= 11 is 3.33. The van der Waals surface area contributed by atoms with Crippen LogP contribution in [-0.2, 0) is 14.3 Å². The minimum atomic E-state index is -1.15. The van der Waals surface area contributed by atoms with Crippen LogP contribution in [0.5, 0.6) is 5.75 Å². The molecule has 27 heavy (non-hydrogen) atoms. The second kappa shape index (κ2) is 10.0. The molecule has 2 rings (SSSR count). The third-order valence-electron chi connectivity index (χ3n) is 3.45. The number of amides is 1. The van der Waals surface area contributed by atoms with Crippen LogP contribution >= 0.6 is 15.9 Å². The number of carbonyl (C=O) groups is 2. The summed E-state index contributed by atoms with van der Waals surface area (Å²) in [5, 5.41) is 2.19. The van der Waals surface area contributed by atoms with E-state index in [9.17, 15) is 18.4 Å². The Labute approximate surface area is 163 Å². The first-order valence-corrected chi connectivity index (χ1v) is 8.98. The van der Waals surface area contributed by atoms with Gasteiger partial charge in [0.25, 0.3) is 5.91 Å². The van der Waals surface area contributed by atoms with Gasteiger partial charge in [0, 0.05) is 17.0 Å². The molecule has 0 radical (unpaired) electrons. The highest BCUT2D eigenvalue weighted by molar-refractivity contribution is 9.10. The van der Waals surface area contributed by atoms with Gasteiger partial charge in [0.15, 0.2) is 6.10 Å². The summed E-state index contributed by atoms with van der Waals surface area (Å²) in [7, 11) is 0. The van der Waals surface area contributed by atoms with Crippen molar-refractivity contribution in [3.05, 3.63) is 58.6 Å². The number of hydrogen-bond donors (Lipinski definition) is 1. The Hall–Kier alpha value is -2.48. The Morgan fingerprint density at radius 1 is 1.19 bits per heavy atom. The van der Waals surface area contributed by atoms with Crippen LogP contribution in [0.1, 0.15) is 19.8 Å². The van der Waals surface area contributed by atoms with Crippen LogP contribution in [0.4, 0.5) is 14.5 Å². The van der Waals surface area contributed by atoms with Crippen LogP contribution in [0.15, 0.2) is 46.9 Å². The Kier molecular flexibility index (Phi) is 7.72. The maximum absolute atomic E-state index is 13.5. The Balaban J connectivity index is 1.72. The molecule has 1 N–H and O–H groups in total. The highest BCUT2D eigenvalue weighted by Gasteiger charge is 2.19. The van der Waals surface area contributed by atoms with Gasteiger partial charge in [-0.2, -0.15) is 0 Å². The van der Waals surface area contributed by atoms with Gasteiger partial charge in [0.05, 0.1) is 12.3 Å². The molecule has 2 aromatic carbocycles. The van der Waals surface area contributed by atoms with Crippen molar-refractivity contribution in [2.75, 3.05) is 11.9 Å². The van der Waals surface area contributed by atoms with Crippen LogP contribution in [0, 0.1) is 11.6 Å². The lowest BCUT2D eigenvalue weighted by Gasteiger charge is -2.14. The van der Waals surface area contributed by atoms with E-state index in [0.29, 0.717) is 18.8 Å². The maximum atomic E-state index is 13.5. The zero-order chi connectivity index (χ0) is 19.8. The van der Waals surface area contributed by atoms with E-state index in [4.69, 9.17) is 9.47 Å². The largest absolute Gasteiger partial charge is 0.494 e. The summed E-state index contributed by atoms with van der Waals surface area (Å²) in [4.78, 5) is 23.7. The molecule has 0 aliphatic heterocycles. The topological polar surface area (TPSA) is 64.6 Å². The molecule has 1 unspecified atom stereocenters. The molecular weight excluding hydrogens is 424 g/mol. The first kappa shape index (κ1) is 20.8. The van der Waals surface area contributed by atoms with Gasteiger partial charge >= 0.3 is 5.97 Å². The molecule has 0 aromatic heterocycles. The smallest absolute Gasteiger partial charge is 0.306 e. The number of rotatable bonds is 8. The van der Waals surface area contributed by atoms with Crippen molar-refractivity contribution in [3.63, 3.8) is 0 Å². The average Bonchev–Trinajstić information content (AvgIpc) is 2.62. The van der Waals surface area contributed by atoms with Crippen LogP contribution < -0.4 is 10.1 Å². The summed E-state index contributed by atoms with van der Waals surface area (Å²) in [6, 6.07) is 9.97. The highest BCUT2D eigenvalue weighted by Crippen LogP contribution is 2.18. The SMILES string of the molecule is CC(OC(=O)CCCOc1cccc(Br)c1)C(=O)Nc1cc(F)ccc1F. The van der Waals surface area contributed by atoms with Crippen molar-refractivity contribution in [1.82, 2.24) is 0 Å². The molecule has 0 fully saturated rings. The fourth-order valence-electron chi connectivity index (χ4n) is 2.10. The van der Waals surface area contributed by atoms with Crippen molar-refractivity contribution in [1.29, 1.82) is 0 Å². The molecule has 0 heterocycles. The number of nitrogens with one attached hydrogen (secondary N) is 1. The molecule has 0 saturated carbocycles. The van der Waals surface area contributed by atoms with E-state index in [1.54, 1.807) is 12.1 Å². The fraction of sp³-hybridized carbons (Fsp3) is 0.263. The third kappa shape index (κ3) is 6.97. The van der Waals surface area contributed by atoms with Gasteiger partial charge in [-0.15, -0.1) is 0 Å². The number of ether oxygens (including phenoxy) is 2. The van der Waals surface area contributed by atoms with Crippen LogP contribution in [0.2, 0.25) is 0 Å². The predicted molar refractivity (Wildman–Crippen MR) is 99.4 cm³/mol. The summed E-state index contributed by atoms with van der Waals surface area (Å²) < 4.78 is 38.0. The maximum Gasteiger partial charge on any atom is 0.306 e. The van der Waals surface area contributed by atoms with Gasteiger partial charge in [-0.3, -0.25) is 9.59 Å². The number of anilines is 1. The van der Waals surface area contributed by atoms with E-state index in [-0.39, 0.29) is 12.1 Å². The van der Waals surface area contributed by atoms with Crippen LogP contribution in [0.25, 0.3) is 0 Å². The van der Waals surface area contributed by atoms with Crippen molar-refractivity contribution < 1.29 is 27.8 Å². The van der Waals surface area contributed by atoms with E-state index in [1.165, 1.54) is 6.92 Å². The number of halogens is 3. The zero-order valence-corrected chi connectivity index (χ0v) is 16.1. The van der Waals surface area contributed by atoms with E-state index in [0.717, 1.165) is 22.7 Å². The Morgan fingerprint density at radius 3 is 2.70 bits per heavy atom. The number of benzene rings is 2. The monoisotopic (exact) mass is 441 g/mol.